The average molecular weight is 444 g/mol. The predicted molar refractivity (Wildman–Crippen MR) is 129 cm³/mol. The summed E-state index contributed by atoms with van der Waals surface area (Å²) in [5, 5.41) is 3.39. The summed E-state index contributed by atoms with van der Waals surface area (Å²) in [6, 6.07) is 6.48. The quantitative estimate of drug-likeness (QED) is 0.252. The van der Waals surface area contributed by atoms with Gasteiger partial charge in [0.15, 0.2) is 5.82 Å². The SMILES string of the molecule is CN=Cc1[nH]c(=O)c(-c2nc3ccc(C=O)cc3[nH]2)c(NC(c2ncccn2)C(C)C)c1N. The number of aromatic nitrogens is 5. The number of nitrogens with one attached hydrogen (secondary N) is 3. The lowest BCUT2D eigenvalue weighted by atomic mass is 10.0. The van der Waals surface area contributed by atoms with Crippen molar-refractivity contribution in [2.45, 2.75) is 19.9 Å². The minimum Gasteiger partial charge on any atom is -0.395 e. The molecular weight excluding hydrogens is 420 g/mol. The number of nitrogens with zero attached hydrogens (tertiary/aromatic N) is 4. The Hall–Kier alpha value is -4.34. The predicted octanol–water partition coefficient (Wildman–Crippen LogP) is 2.96. The summed E-state index contributed by atoms with van der Waals surface area (Å²) in [5.74, 6) is 0.970. The molecule has 0 radical (unpaired) electrons. The fourth-order valence-electron chi connectivity index (χ4n) is 3.62. The number of nitrogen functional groups attached to an aromatic ring is 1. The van der Waals surface area contributed by atoms with E-state index in [4.69, 9.17) is 5.73 Å². The molecule has 0 aliphatic rings. The maximum Gasteiger partial charge on any atom is 0.261 e. The Morgan fingerprint density at radius 1 is 1.18 bits per heavy atom. The van der Waals surface area contributed by atoms with Crippen LogP contribution in [0, 0.1) is 5.92 Å². The standard InChI is InChI=1S/C23H24N8O2/c1-12(2)19(22-26-7-4-8-27-22)31-20-17(23(33)30-16(10-25-3)18(20)24)21-28-14-6-5-13(11-32)9-15(14)29-21/h4-12,19H,24H2,1-3H3,(H,28,29)(H2,30,31,33). The Kier molecular flexibility index (Phi) is 5.99. The Balaban J connectivity index is 1.93. The van der Waals surface area contributed by atoms with E-state index in [1.165, 1.54) is 6.21 Å². The number of hydrogen-bond donors (Lipinski definition) is 4. The zero-order valence-electron chi connectivity index (χ0n) is 18.5. The second-order valence-corrected chi connectivity index (χ2v) is 7.87. The number of pyridine rings is 1. The first-order valence-electron chi connectivity index (χ1n) is 10.4. The van der Waals surface area contributed by atoms with E-state index in [-0.39, 0.29) is 17.5 Å². The van der Waals surface area contributed by atoms with Crippen LogP contribution in [-0.2, 0) is 0 Å². The maximum absolute atomic E-state index is 13.2. The van der Waals surface area contributed by atoms with Crippen molar-refractivity contribution >= 4 is 34.9 Å². The molecule has 3 heterocycles. The molecule has 0 fully saturated rings. The summed E-state index contributed by atoms with van der Waals surface area (Å²) >= 11 is 0. The lowest BCUT2D eigenvalue weighted by Crippen LogP contribution is -2.24. The van der Waals surface area contributed by atoms with E-state index in [9.17, 15) is 9.59 Å². The van der Waals surface area contributed by atoms with Gasteiger partial charge in [-0.05, 0) is 30.2 Å². The molecule has 0 amide bonds. The minimum atomic E-state index is -0.396. The van der Waals surface area contributed by atoms with E-state index in [0.29, 0.717) is 45.3 Å². The van der Waals surface area contributed by atoms with Crippen LogP contribution in [0.15, 0.2) is 46.4 Å². The van der Waals surface area contributed by atoms with E-state index in [1.54, 1.807) is 43.7 Å². The fraction of sp³-hybridized carbons (Fsp3) is 0.217. The third kappa shape index (κ3) is 4.22. The van der Waals surface area contributed by atoms with Crippen molar-refractivity contribution < 1.29 is 4.79 Å². The molecule has 0 aliphatic heterocycles. The number of fused-ring (bicyclic) bond motifs is 1. The van der Waals surface area contributed by atoms with Crippen LogP contribution >= 0.6 is 0 Å². The molecule has 0 bridgehead atoms. The van der Waals surface area contributed by atoms with E-state index in [2.05, 4.69) is 35.2 Å². The van der Waals surface area contributed by atoms with Crippen LogP contribution in [0.2, 0.25) is 0 Å². The molecule has 10 nitrogen and oxygen atoms in total. The second-order valence-electron chi connectivity index (χ2n) is 7.87. The zero-order valence-corrected chi connectivity index (χ0v) is 18.5. The van der Waals surface area contributed by atoms with Crippen molar-refractivity contribution in [1.82, 2.24) is 24.9 Å². The number of anilines is 2. The van der Waals surface area contributed by atoms with Crippen LogP contribution in [0.3, 0.4) is 0 Å². The Labute approximate surface area is 189 Å². The van der Waals surface area contributed by atoms with Gasteiger partial charge in [0, 0.05) is 31.2 Å². The smallest absolute Gasteiger partial charge is 0.261 e. The molecule has 33 heavy (non-hydrogen) atoms. The first-order valence-corrected chi connectivity index (χ1v) is 10.4. The number of rotatable bonds is 7. The number of H-pyrrole nitrogens is 2. The Morgan fingerprint density at radius 3 is 2.61 bits per heavy atom. The van der Waals surface area contributed by atoms with Gasteiger partial charge in [-0.15, -0.1) is 0 Å². The molecule has 1 unspecified atom stereocenters. The van der Waals surface area contributed by atoms with Crippen molar-refractivity contribution in [3.05, 3.63) is 64.1 Å². The molecule has 3 aromatic heterocycles. The van der Waals surface area contributed by atoms with E-state index in [0.717, 1.165) is 6.29 Å². The van der Waals surface area contributed by atoms with Crippen LogP contribution < -0.4 is 16.6 Å². The molecule has 4 rings (SSSR count). The number of carbonyl (C=O) groups is 1. The number of benzene rings is 1. The van der Waals surface area contributed by atoms with Gasteiger partial charge in [-0.25, -0.2) is 15.0 Å². The molecule has 0 saturated heterocycles. The summed E-state index contributed by atoms with van der Waals surface area (Å²) in [7, 11) is 1.59. The van der Waals surface area contributed by atoms with Gasteiger partial charge in [0.2, 0.25) is 0 Å². The van der Waals surface area contributed by atoms with Gasteiger partial charge in [-0.1, -0.05) is 13.8 Å². The summed E-state index contributed by atoms with van der Waals surface area (Å²) in [5.41, 5.74) is 9.17. The molecule has 1 atom stereocenters. The Morgan fingerprint density at radius 2 is 1.94 bits per heavy atom. The summed E-state index contributed by atoms with van der Waals surface area (Å²) in [6.07, 6.45) is 5.58. The van der Waals surface area contributed by atoms with E-state index < -0.39 is 5.56 Å². The average Bonchev–Trinajstić information content (AvgIpc) is 3.23. The summed E-state index contributed by atoms with van der Waals surface area (Å²) < 4.78 is 0. The van der Waals surface area contributed by atoms with Gasteiger partial charge in [0.1, 0.15) is 17.7 Å². The summed E-state index contributed by atoms with van der Waals surface area (Å²) in [6.45, 7) is 4.04. The molecule has 0 aliphatic carbocycles. The van der Waals surface area contributed by atoms with Crippen molar-refractivity contribution in [2.24, 2.45) is 10.9 Å². The monoisotopic (exact) mass is 444 g/mol. The lowest BCUT2D eigenvalue weighted by molar-refractivity contribution is 0.112. The molecule has 5 N–H and O–H groups in total. The lowest BCUT2D eigenvalue weighted by Gasteiger charge is -2.24. The van der Waals surface area contributed by atoms with Gasteiger partial charge in [0.05, 0.1) is 34.1 Å². The number of aldehydes is 1. The molecule has 0 saturated carbocycles. The normalized spacial score (nSPS) is 12.5. The van der Waals surface area contributed by atoms with Gasteiger partial charge >= 0.3 is 0 Å². The van der Waals surface area contributed by atoms with Crippen LogP contribution in [0.4, 0.5) is 11.4 Å². The largest absolute Gasteiger partial charge is 0.395 e. The molecule has 1 aromatic carbocycles. The van der Waals surface area contributed by atoms with Crippen molar-refractivity contribution in [1.29, 1.82) is 0 Å². The van der Waals surface area contributed by atoms with Crippen LogP contribution in [0.1, 0.15) is 41.8 Å². The van der Waals surface area contributed by atoms with E-state index in [1.807, 2.05) is 13.8 Å². The minimum absolute atomic E-state index is 0.0769. The number of imidazole rings is 1. The highest BCUT2D eigenvalue weighted by Crippen LogP contribution is 2.35. The number of nitrogens with two attached hydrogens (primary N) is 1. The second kappa shape index (κ2) is 9.03. The van der Waals surface area contributed by atoms with Gasteiger partial charge in [0.25, 0.3) is 5.56 Å². The highest BCUT2D eigenvalue weighted by Gasteiger charge is 2.25. The highest BCUT2D eigenvalue weighted by atomic mass is 16.1. The maximum atomic E-state index is 13.2. The highest BCUT2D eigenvalue weighted by molar-refractivity contribution is 5.95. The first kappa shape index (κ1) is 21.9. The first-order chi connectivity index (χ1) is 15.9. The molecule has 4 aromatic rings. The third-order valence-corrected chi connectivity index (χ3v) is 5.25. The topological polar surface area (TPSA) is 155 Å². The molecule has 0 spiro atoms. The van der Waals surface area contributed by atoms with Crippen molar-refractivity contribution in [2.75, 3.05) is 18.1 Å². The number of aliphatic imine (C=N–C) groups is 1. The van der Waals surface area contributed by atoms with Crippen LogP contribution in [-0.4, -0.2) is 44.5 Å². The Bertz CT molecular complexity index is 1390. The summed E-state index contributed by atoms with van der Waals surface area (Å²) in [4.78, 5) is 47.6. The number of carbonyl (C=O) groups excluding carboxylic acids is 1. The van der Waals surface area contributed by atoms with Gasteiger partial charge < -0.3 is 21.0 Å². The van der Waals surface area contributed by atoms with Crippen molar-refractivity contribution in [3.8, 4) is 11.4 Å². The number of hydrogen-bond acceptors (Lipinski definition) is 8. The van der Waals surface area contributed by atoms with Crippen LogP contribution in [0.25, 0.3) is 22.4 Å². The van der Waals surface area contributed by atoms with Gasteiger partial charge in [-0.3, -0.25) is 14.6 Å². The molecule has 10 heteroatoms. The number of aromatic amines is 2. The van der Waals surface area contributed by atoms with Crippen molar-refractivity contribution in [3.63, 3.8) is 0 Å². The zero-order chi connectivity index (χ0) is 23.5. The van der Waals surface area contributed by atoms with Gasteiger partial charge in [-0.2, -0.15) is 0 Å². The fourth-order valence-corrected chi connectivity index (χ4v) is 3.62. The molecule has 168 valence electrons. The molecular formula is C23H24N8O2. The van der Waals surface area contributed by atoms with Crippen LogP contribution in [0.5, 0.6) is 0 Å². The third-order valence-electron chi connectivity index (χ3n) is 5.25. The van der Waals surface area contributed by atoms with E-state index >= 15 is 0 Å².